The molecule has 0 bridgehead atoms. The highest BCUT2D eigenvalue weighted by Gasteiger charge is 2.31. The van der Waals surface area contributed by atoms with E-state index in [1.54, 1.807) is 16.5 Å². The van der Waals surface area contributed by atoms with Crippen LogP contribution in [0.3, 0.4) is 0 Å². The van der Waals surface area contributed by atoms with Gasteiger partial charge in [0, 0.05) is 36.4 Å². The van der Waals surface area contributed by atoms with Crippen molar-refractivity contribution in [2.45, 2.75) is 6.92 Å². The third kappa shape index (κ3) is 2.76. The minimum Gasteiger partial charge on any atom is -0.358 e. The maximum atomic E-state index is 12.5. The number of hydrogen-bond donors (Lipinski definition) is 0. The summed E-state index contributed by atoms with van der Waals surface area (Å²) >= 11 is 2.86. The van der Waals surface area contributed by atoms with Gasteiger partial charge >= 0.3 is 5.82 Å². The second-order valence-electron chi connectivity index (χ2n) is 5.76. The van der Waals surface area contributed by atoms with Crippen molar-refractivity contribution in [2.24, 2.45) is 0 Å². The number of nitrogens with zero attached hydrogens (tertiary/aromatic N) is 5. The number of carbonyl (C=O) groups is 1. The van der Waals surface area contributed by atoms with E-state index in [1.165, 1.54) is 27.1 Å². The van der Waals surface area contributed by atoms with Crippen molar-refractivity contribution >= 4 is 45.2 Å². The molecule has 0 aromatic carbocycles. The van der Waals surface area contributed by atoms with Crippen molar-refractivity contribution in [2.75, 3.05) is 31.1 Å². The Labute approximate surface area is 151 Å². The van der Waals surface area contributed by atoms with E-state index >= 15 is 0 Å². The van der Waals surface area contributed by atoms with E-state index in [0.29, 0.717) is 37.0 Å². The van der Waals surface area contributed by atoms with Gasteiger partial charge in [0.05, 0.1) is 4.88 Å². The molecule has 0 radical (unpaired) electrons. The fourth-order valence-electron chi connectivity index (χ4n) is 2.97. The van der Waals surface area contributed by atoms with Crippen LogP contribution in [0.15, 0.2) is 23.7 Å². The van der Waals surface area contributed by atoms with Gasteiger partial charge in [0.15, 0.2) is 0 Å². The first kappa shape index (κ1) is 16.0. The number of carbonyl (C=O) groups excluding carboxylic acids is 1. The maximum absolute atomic E-state index is 12.5. The number of hydrogen-bond acceptors (Lipinski definition) is 7. The first-order valence-electron chi connectivity index (χ1n) is 7.75. The topological polar surface area (TPSA) is 84.0 Å². The average Bonchev–Trinajstić information content (AvgIpc) is 3.29. The van der Waals surface area contributed by atoms with Crippen LogP contribution in [0.25, 0.3) is 4.96 Å². The van der Waals surface area contributed by atoms with E-state index in [1.807, 2.05) is 24.0 Å². The number of rotatable bonds is 3. The Bertz CT molecular complexity index is 952. The molecule has 1 fully saturated rings. The average molecular weight is 377 g/mol. The number of piperazine rings is 1. The quantitative estimate of drug-likeness (QED) is 0.517. The Morgan fingerprint density at radius 3 is 2.68 bits per heavy atom. The Morgan fingerprint density at radius 2 is 2.04 bits per heavy atom. The Morgan fingerprint density at radius 1 is 1.28 bits per heavy atom. The van der Waals surface area contributed by atoms with Crippen LogP contribution < -0.4 is 4.90 Å². The minimum absolute atomic E-state index is 0.00934. The van der Waals surface area contributed by atoms with Gasteiger partial charge in [0.25, 0.3) is 10.9 Å². The number of aromatic nitrogens is 2. The summed E-state index contributed by atoms with van der Waals surface area (Å²) in [7, 11) is 0. The van der Waals surface area contributed by atoms with Crippen LogP contribution in [0.2, 0.25) is 0 Å². The van der Waals surface area contributed by atoms with Crippen LogP contribution in [0.5, 0.6) is 0 Å². The maximum Gasteiger partial charge on any atom is 0.373 e. The highest BCUT2D eigenvalue weighted by Crippen LogP contribution is 2.31. The molecule has 130 valence electrons. The van der Waals surface area contributed by atoms with E-state index in [0.717, 1.165) is 9.75 Å². The van der Waals surface area contributed by atoms with Crippen LogP contribution in [0.4, 0.5) is 11.6 Å². The minimum atomic E-state index is -0.395. The van der Waals surface area contributed by atoms with Gasteiger partial charge in [-0.3, -0.25) is 4.79 Å². The first-order valence-corrected chi connectivity index (χ1v) is 9.45. The van der Waals surface area contributed by atoms with Crippen LogP contribution in [0, 0.1) is 17.0 Å². The summed E-state index contributed by atoms with van der Waals surface area (Å²) in [4.78, 5) is 34.1. The summed E-state index contributed by atoms with van der Waals surface area (Å²) in [6.45, 7) is 4.09. The molecule has 3 aromatic heterocycles. The molecule has 4 heterocycles. The lowest BCUT2D eigenvalue weighted by Crippen LogP contribution is -2.48. The third-order valence-corrected chi connectivity index (χ3v) is 5.95. The zero-order valence-electron chi connectivity index (χ0n) is 13.4. The Balaban J connectivity index is 1.52. The van der Waals surface area contributed by atoms with Crippen molar-refractivity contribution in [3.05, 3.63) is 43.6 Å². The largest absolute Gasteiger partial charge is 0.373 e. The molecule has 0 saturated carbocycles. The van der Waals surface area contributed by atoms with E-state index < -0.39 is 4.92 Å². The van der Waals surface area contributed by atoms with Crippen molar-refractivity contribution in [3.63, 3.8) is 0 Å². The highest BCUT2D eigenvalue weighted by atomic mass is 32.1. The second kappa shape index (κ2) is 6.12. The molecule has 1 amide bonds. The normalized spacial score (nSPS) is 15.1. The fourth-order valence-corrected chi connectivity index (χ4v) is 4.51. The fraction of sp³-hybridized carbons (Fsp3) is 0.333. The lowest BCUT2D eigenvalue weighted by Gasteiger charge is -2.34. The summed E-state index contributed by atoms with van der Waals surface area (Å²) in [5, 5.41) is 13.2. The Hall–Kier alpha value is -2.46. The molecule has 25 heavy (non-hydrogen) atoms. The molecule has 8 nitrogen and oxygen atoms in total. The van der Waals surface area contributed by atoms with E-state index in [9.17, 15) is 14.9 Å². The number of thiazole rings is 1. The summed E-state index contributed by atoms with van der Waals surface area (Å²) in [6, 6.07) is 3.79. The van der Waals surface area contributed by atoms with E-state index in [2.05, 4.69) is 4.98 Å². The van der Waals surface area contributed by atoms with Crippen molar-refractivity contribution in [1.82, 2.24) is 14.3 Å². The number of amides is 1. The van der Waals surface area contributed by atoms with Crippen LogP contribution in [-0.2, 0) is 0 Å². The van der Waals surface area contributed by atoms with Gasteiger partial charge in [-0.25, -0.2) is 0 Å². The van der Waals surface area contributed by atoms with Crippen LogP contribution in [-0.4, -0.2) is 51.3 Å². The van der Waals surface area contributed by atoms with Gasteiger partial charge in [0.2, 0.25) is 5.82 Å². The van der Waals surface area contributed by atoms with Gasteiger partial charge < -0.3 is 19.9 Å². The number of imidazole rings is 1. The lowest BCUT2D eigenvalue weighted by molar-refractivity contribution is -0.389. The summed E-state index contributed by atoms with van der Waals surface area (Å²) < 4.78 is 1.51. The number of aryl methyl sites for hydroxylation is 1. The van der Waals surface area contributed by atoms with Gasteiger partial charge in [-0.1, -0.05) is 11.3 Å². The molecule has 1 aliphatic rings. The molecule has 10 heteroatoms. The number of fused-ring (bicyclic) bond motifs is 1. The molecule has 1 aliphatic heterocycles. The molecule has 0 atom stereocenters. The van der Waals surface area contributed by atoms with Crippen molar-refractivity contribution < 1.29 is 9.72 Å². The number of nitro groups is 1. The molecule has 4 rings (SSSR count). The van der Waals surface area contributed by atoms with Crippen LogP contribution >= 0.6 is 22.7 Å². The van der Waals surface area contributed by atoms with Crippen LogP contribution in [0.1, 0.15) is 14.5 Å². The van der Waals surface area contributed by atoms with Crippen molar-refractivity contribution in [1.29, 1.82) is 0 Å². The van der Waals surface area contributed by atoms with Crippen molar-refractivity contribution in [3.8, 4) is 0 Å². The van der Waals surface area contributed by atoms with Gasteiger partial charge in [-0.2, -0.15) is 9.38 Å². The third-order valence-electron chi connectivity index (χ3n) is 4.21. The molecule has 0 spiro atoms. The standard InChI is InChI=1S/C15H15N5O3S2/c1-10-2-3-11(25-10)14(21)18-6-4-17(5-7-18)12-13(20(22)23)19-8-9-24-15(19)16-12/h2-3,8-9H,4-7H2,1H3. The lowest BCUT2D eigenvalue weighted by atomic mass is 10.3. The van der Waals surface area contributed by atoms with Gasteiger partial charge in [-0.15, -0.1) is 11.3 Å². The summed E-state index contributed by atoms with van der Waals surface area (Å²) in [5.74, 6) is 0.402. The molecular weight excluding hydrogens is 362 g/mol. The summed E-state index contributed by atoms with van der Waals surface area (Å²) in [5.41, 5.74) is 0. The SMILES string of the molecule is Cc1ccc(C(=O)N2CCN(c3nc4sccn4c3[N+](=O)[O-])CC2)s1. The smallest absolute Gasteiger partial charge is 0.358 e. The van der Waals surface area contributed by atoms with Gasteiger partial charge in [0.1, 0.15) is 6.20 Å². The zero-order valence-corrected chi connectivity index (χ0v) is 15.0. The van der Waals surface area contributed by atoms with E-state index in [-0.39, 0.29) is 11.7 Å². The Kier molecular flexibility index (Phi) is 3.92. The first-order chi connectivity index (χ1) is 12.0. The number of anilines is 1. The molecular formula is C15H15N5O3S2. The molecule has 0 unspecified atom stereocenters. The van der Waals surface area contributed by atoms with Gasteiger partial charge in [-0.05, 0) is 24.0 Å². The predicted molar refractivity (Wildman–Crippen MR) is 96.9 cm³/mol. The molecule has 0 N–H and O–H groups in total. The second-order valence-corrected chi connectivity index (χ2v) is 7.92. The highest BCUT2D eigenvalue weighted by molar-refractivity contribution is 7.15. The zero-order chi connectivity index (χ0) is 17.6. The molecule has 0 aliphatic carbocycles. The summed E-state index contributed by atoms with van der Waals surface area (Å²) in [6.07, 6.45) is 1.66. The predicted octanol–water partition coefficient (Wildman–Crippen LogP) is 2.64. The molecule has 3 aromatic rings. The van der Waals surface area contributed by atoms with E-state index in [4.69, 9.17) is 0 Å². The molecule has 1 saturated heterocycles. The monoisotopic (exact) mass is 377 g/mol. The number of thiophene rings is 1.